The Morgan fingerprint density at radius 2 is 2.15 bits per heavy atom. The van der Waals surface area contributed by atoms with Gasteiger partial charge in [0.1, 0.15) is 0 Å². The molecule has 0 bridgehead atoms. The lowest BCUT2D eigenvalue weighted by molar-refractivity contribution is 0.167. The third kappa shape index (κ3) is 4.30. The van der Waals surface area contributed by atoms with Gasteiger partial charge in [-0.3, -0.25) is 4.68 Å². The lowest BCUT2D eigenvalue weighted by atomic mass is 9.71. The minimum Gasteiger partial charge on any atom is -0.317 e. The van der Waals surface area contributed by atoms with E-state index in [1.807, 2.05) is 11.7 Å². The van der Waals surface area contributed by atoms with E-state index in [9.17, 15) is 0 Å². The van der Waals surface area contributed by atoms with E-state index in [0.717, 1.165) is 36.4 Å². The van der Waals surface area contributed by atoms with E-state index in [1.165, 1.54) is 38.6 Å². The van der Waals surface area contributed by atoms with Gasteiger partial charge < -0.3 is 5.32 Å². The normalized spacial score (nSPS) is 26.9. The van der Waals surface area contributed by atoms with Gasteiger partial charge in [-0.2, -0.15) is 0 Å². The van der Waals surface area contributed by atoms with Gasteiger partial charge in [0.15, 0.2) is 0 Å². The summed E-state index contributed by atoms with van der Waals surface area (Å²) in [5.41, 5.74) is 1.16. The molecule has 0 amide bonds. The van der Waals surface area contributed by atoms with Crippen molar-refractivity contribution in [1.29, 1.82) is 0 Å². The third-order valence-corrected chi connectivity index (χ3v) is 4.72. The van der Waals surface area contributed by atoms with Gasteiger partial charge in [-0.25, -0.2) is 0 Å². The molecule has 1 heterocycles. The van der Waals surface area contributed by atoms with Gasteiger partial charge in [0.2, 0.25) is 0 Å². The summed E-state index contributed by atoms with van der Waals surface area (Å²) in [5.74, 6) is 2.51. The molecule has 1 saturated carbocycles. The average Bonchev–Trinajstić information content (AvgIpc) is 2.84. The molecule has 4 heteroatoms. The number of hydrogen-bond acceptors (Lipinski definition) is 3. The summed E-state index contributed by atoms with van der Waals surface area (Å²) in [6.07, 6.45) is 10.1. The van der Waals surface area contributed by atoms with Crippen LogP contribution in [0.4, 0.5) is 0 Å². The van der Waals surface area contributed by atoms with Crippen molar-refractivity contribution < 1.29 is 0 Å². The quantitative estimate of drug-likeness (QED) is 0.834. The first-order chi connectivity index (χ1) is 9.72. The highest BCUT2D eigenvalue weighted by Gasteiger charge is 2.30. The van der Waals surface area contributed by atoms with Crippen molar-refractivity contribution in [1.82, 2.24) is 20.3 Å². The van der Waals surface area contributed by atoms with E-state index >= 15 is 0 Å². The summed E-state index contributed by atoms with van der Waals surface area (Å²) in [7, 11) is 1.95. The Morgan fingerprint density at radius 3 is 2.80 bits per heavy atom. The molecule has 1 aromatic heterocycles. The lowest BCUT2D eigenvalue weighted by Crippen LogP contribution is -2.34. The minimum atomic E-state index is 0.774. The second-order valence-electron chi connectivity index (χ2n) is 6.38. The minimum absolute atomic E-state index is 0.774. The van der Waals surface area contributed by atoms with Crippen LogP contribution in [0, 0.1) is 17.8 Å². The van der Waals surface area contributed by atoms with Crippen LogP contribution in [0.3, 0.4) is 0 Å². The van der Waals surface area contributed by atoms with Gasteiger partial charge in [-0.1, -0.05) is 38.3 Å². The van der Waals surface area contributed by atoms with Gasteiger partial charge in [0.05, 0.1) is 5.69 Å². The largest absolute Gasteiger partial charge is 0.317 e. The fourth-order valence-electron chi connectivity index (χ4n) is 3.70. The number of nitrogens with one attached hydrogen (secondary N) is 1. The van der Waals surface area contributed by atoms with Crippen LogP contribution in [-0.4, -0.2) is 28.1 Å². The summed E-state index contributed by atoms with van der Waals surface area (Å²) < 4.78 is 1.82. The van der Waals surface area contributed by atoms with Crippen molar-refractivity contribution in [3.63, 3.8) is 0 Å². The topological polar surface area (TPSA) is 42.7 Å². The molecule has 0 aromatic carbocycles. The van der Waals surface area contributed by atoms with Crippen LogP contribution in [0.1, 0.15) is 51.6 Å². The fraction of sp³-hybridized carbons (Fsp3) is 0.875. The zero-order valence-corrected chi connectivity index (χ0v) is 13.3. The first-order valence-corrected chi connectivity index (χ1v) is 8.28. The highest BCUT2D eigenvalue weighted by atomic mass is 15.4. The molecule has 3 unspecified atom stereocenters. The summed E-state index contributed by atoms with van der Waals surface area (Å²) in [5, 5.41) is 11.9. The van der Waals surface area contributed by atoms with Gasteiger partial charge in [-0.15, -0.1) is 5.10 Å². The predicted octanol–water partition coefficient (Wildman–Crippen LogP) is 2.80. The Balaban J connectivity index is 1.96. The van der Waals surface area contributed by atoms with Crippen LogP contribution >= 0.6 is 0 Å². The molecule has 4 nitrogen and oxygen atoms in total. The van der Waals surface area contributed by atoms with Crippen molar-refractivity contribution in [3.8, 4) is 0 Å². The number of aromatic nitrogens is 3. The van der Waals surface area contributed by atoms with Gasteiger partial charge in [0, 0.05) is 13.2 Å². The number of aryl methyl sites for hydroxylation is 1. The second kappa shape index (κ2) is 7.77. The van der Waals surface area contributed by atoms with Gasteiger partial charge in [-0.05, 0) is 50.1 Å². The SMILES string of the molecule is CCCC1CCC(CNCC)C(Cc2cn(C)nn2)C1. The Bertz CT molecular complexity index is 388. The fourth-order valence-corrected chi connectivity index (χ4v) is 3.70. The molecule has 1 aromatic rings. The van der Waals surface area contributed by atoms with Crippen LogP contribution in [-0.2, 0) is 13.5 Å². The molecule has 1 N–H and O–H groups in total. The van der Waals surface area contributed by atoms with Crippen LogP contribution in [0.2, 0.25) is 0 Å². The summed E-state index contributed by atoms with van der Waals surface area (Å²) >= 11 is 0. The van der Waals surface area contributed by atoms with E-state index in [4.69, 9.17) is 0 Å². The zero-order chi connectivity index (χ0) is 14.4. The first kappa shape index (κ1) is 15.5. The molecule has 0 saturated heterocycles. The Labute approximate surface area is 123 Å². The molecule has 0 spiro atoms. The standard InChI is InChI=1S/C16H30N4/c1-4-6-13-7-8-14(11-17-5-2)15(9-13)10-16-12-20(3)19-18-16/h12-15,17H,4-11H2,1-3H3. The maximum Gasteiger partial charge on any atom is 0.0829 e. The predicted molar refractivity (Wildman–Crippen MR) is 82.5 cm³/mol. The van der Waals surface area contributed by atoms with Crippen LogP contribution in [0.5, 0.6) is 0 Å². The molecule has 0 radical (unpaired) electrons. The van der Waals surface area contributed by atoms with E-state index in [0.29, 0.717) is 0 Å². The Kier molecular flexibility index (Phi) is 6.02. The highest BCUT2D eigenvalue weighted by molar-refractivity contribution is 4.97. The first-order valence-electron chi connectivity index (χ1n) is 8.28. The molecule has 2 rings (SSSR count). The number of rotatable bonds is 7. The van der Waals surface area contributed by atoms with Crippen molar-refractivity contribution in [2.24, 2.45) is 24.8 Å². The van der Waals surface area contributed by atoms with Gasteiger partial charge in [0.25, 0.3) is 0 Å². The molecule has 1 aliphatic rings. The molecular weight excluding hydrogens is 248 g/mol. The van der Waals surface area contributed by atoms with Crippen molar-refractivity contribution >= 4 is 0 Å². The lowest BCUT2D eigenvalue weighted by Gasteiger charge is -2.36. The van der Waals surface area contributed by atoms with Gasteiger partial charge >= 0.3 is 0 Å². The summed E-state index contributed by atoms with van der Waals surface area (Å²) in [6, 6.07) is 0. The molecular formula is C16H30N4. The van der Waals surface area contributed by atoms with Crippen molar-refractivity contribution in [2.45, 2.75) is 52.4 Å². The molecule has 20 heavy (non-hydrogen) atoms. The Hall–Kier alpha value is -0.900. The van der Waals surface area contributed by atoms with Crippen LogP contribution < -0.4 is 5.32 Å². The van der Waals surface area contributed by atoms with Crippen molar-refractivity contribution in [2.75, 3.05) is 13.1 Å². The highest BCUT2D eigenvalue weighted by Crippen LogP contribution is 2.37. The second-order valence-corrected chi connectivity index (χ2v) is 6.38. The molecule has 3 atom stereocenters. The molecule has 1 fully saturated rings. The molecule has 114 valence electrons. The Morgan fingerprint density at radius 1 is 1.30 bits per heavy atom. The van der Waals surface area contributed by atoms with Crippen LogP contribution in [0.15, 0.2) is 6.20 Å². The number of hydrogen-bond donors (Lipinski definition) is 1. The monoisotopic (exact) mass is 278 g/mol. The summed E-state index contributed by atoms with van der Waals surface area (Å²) in [6.45, 7) is 6.75. The van der Waals surface area contributed by atoms with E-state index in [2.05, 4.69) is 35.7 Å². The zero-order valence-electron chi connectivity index (χ0n) is 13.3. The van der Waals surface area contributed by atoms with Crippen molar-refractivity contribution in [3.05, 3.63) is 11.9 Å². The average molecular weight is 278 g/mol. The molecule has 1 aliphatic carbocycles. The van der Waals surface area contributed by atoms with E-state index in [-0.39, 0.29) is 0 Å². The van der Waals surface area contributed by atoms with E-state index in [1.54, 1.807) is 0 Å². The van der Waals surface area contributed by atoms with E-state index < -0.39 is 0 Å². The van der Waals surface area contributed by atoms with Crippen LogP contribution in [0.25, 0.3) is 0 Å². The third-order valence-electron chi connectivity index (χ3n) is 4.72. The maximum absolute atomic E-state index is 4.29. The molecule has 0 aliphatic heterocycles. The number of nitrogens with zero attached hydrogens (tertiary/aromatic N) is 3. The maximum atomic E-state index is 4.29. The smallest absolute Gasteiger partial charge is 0.0829 e. The summed E-state index contributed by atoms with van der Waals surface area (Å²) in [4.78, 5) is 0.